The van der Waals surface area contributed by atoms with E-state index in [9.17, 15) is 18.8 Å². The molecule has 1 amide bonds. The Labute approximate surface area is 326 Å². The summed E-state index contributed by atoms with van der Waals surface area (Å²) in [6, 6.07) is 5.61. The van der Waals surface area contributed by atoms with E-state index in [1.165, 1.54) is 12.1 Å². The van der Waals surface area contributed by atoms with Crippen LogP contribution < -0.4 is 15.4 Å². The fourth-order valence-electron chi connectivity index (χ4n) is 10.9. The highest BCUT2D eigenvalue weighted by Gasteiger charge is 2.74. The number of carbonyl (C=O) groups is 1. The molecule has 1 spiro atoms. The number of likely N-dealkylation sites (tertiary alicyclic amines) is 1. The molecule has 7 aliphatic rings. The summed E-state index contributed by atoms with van der Waals surface area (Å²) < 4.78 is 98.7. The summed E-state index contributed by atoms with van der Waals surface area (Å²) in [7, 11) is 0. The van der Waals surface area contributed by atoms with Gasteiger partial charge in [0.2, 0.25) is 5.91 Å². The van der Waals surface area contributed by atoms with Crippen LogP contribution in [0.4, 0.5) is 37.2 Å². The van der Waals surface area contributed by atoms with Crippen LogP contribution in [-0.4, -0.2) is 94.9 Å². The number of ether oxygens (including phenoxy) is 1. The van der Waals surface area contributed by atoms with E-state index in [2.05, 4.69) is 4.98 Å². The van der Waals surface area contributed by atoms with E-state index in [0.717, 1.165) is 23.8 Å². The number of alkyl halides is 4. The van der Waals surface area contributed by atoms with E-state index < -0.39 is 58.6 Å². The highest BCUT2D eigenvalue weighted by atomic mass is 35.5. The number of nitrogen functional groups attached to an aromatic ring is 1. The Bertz CT molecular complexity index is 2400. The molecule has 2 atom stereocenters. The normalized spacial score (nSPS) is 30.1. The van der Waals surface area contributed by atoms with Crippen molar-refractivity contribution in [3.63, 3.8) is 0 Å². The highest BCUT2D eigenvalue weighted by molar-refractivity contribution is 7.23. The van der Waals surface area contributed by atoms with Crippen LogP contribution in [0.25, 0.3) is 32.1 Å². The predicted molar refractivity (Wildman–Crippen MR) is 198 cm³/mol. The lowest BCUT2D eigenvalue weighted by Crippen LogP contribution is -2.74. The highest BCUT2D eigenvalue weighted by Crippen LogP contribution is 2.70. The summed E-state index contributed by atoms with van der Waals surface area (Å²) in [6.07, 6.45) is 0.206. The van der Waals surface area contributed by atoms with E-state index >= 15 is 17.6 Å². The number of hydrogen-bond acceptors (Lipinski definition) is 9. The minimum atomic E-state index is -3.09. The second-order valence-corrected chi connectivity index (χ2v) is 18.7. The second kappa shape index (κ2) is 12.0. The Kier molecular flexibility index (Phi) is 7.76. The fraction of sp³-hybridized carbons (Fsp3) is 0.538. The lowest BCUT2D eigenvalue weighted by molar-refractivity contribution is -0.230. The molecule has 0 radical (unpaired) electrons. The molecule has 2 aromatic heterocycles. The molecule has 3 aliphatic carbocycles. The third-order valence-corrected chi connectivity index (χ3v) is 14.6. The van der Waals surface area contributed by atoms with Gasteiger partial charge in [-0.1, -0.05) is 17.7 Å². The van der Waals surface area contributed by atoms with E-state index in [4.69, 9.17) is 27.1 Å². The van der Waals surface area contributed by atoms with Gasteiger partial charge in [0, 0.05) is 73.7 Å². The van der Waals surface area contributed by atoms with Crippen LogP contribution in [0, 0.1) is 33.8 Å². The standard InChI is InChI=1S/C39H36ClF6N7O2S/c40-24-8-22-29(28(43)27(24)21-2-3-25(42)30-26(21)23(10-47)31(48)56-30)49-34(55-19-38-4-1-6-53(38)11-20(41)9-38)50-32(22)51-7-5-39(45,46)12-35(16-51)17-52(18-35)33(54)36-13-37(44,14-36)15-36/h2-3,8,20H,1,4-7,9,11-19,48H2/t20-,36?,37?,38+/m1/s1. The van der Waals surface area contributed by atoms with Gasteiger partial charge in [-0.15, -0.1) is 11.3 Å². The zero-order valence-corrected chi connectivity index (χ0v) is 31.6. The number of hydrogen-bond donors (Lipinski definition) is 1. The molecule has 11 rings (SSSR count). The third-order valence-electron chi connectivity index (χ3n) is 13.2. The van der Waals surface area contributed by atoms with Crippen LogP contribution in [0.3, 0.4) is 0 Å². The van der Waals surface area contributed by atoms with Gasteiger partial charge in [-0.2, -0.15) is 15.2 Å². The molecule has 4 saturated heterocycles. The lowest BCUT2D eigenvalue weighted by Gasteiger charge is -2.67. The first-order valence-electron chi connectivity index (χ1n) is 18.8. The van der Waals surface area contributed by atoms with Crippen LogP contribution in [-0.2, 0) is 4.79 Å². The van der Waals surface area contributed by atoms with Gasteiger partial charge in [0.1, 0.15) is 46.7 Å². The van der Waals surface area contributed by atoms with Crippen LogP contribution in [0.1, 0.15) is 56.9 Å². The van der Waals surface area contributed by atoms with E-state index in [-0.39, 0.29) is 130 Å². The topological polar surface area (TPSA) is 112 Å². The number of halogens is 7. The van der Waals surface area contributed by atoms with Gasteiger partial charge in [-0.25, -0.2) is 26.3 Å². The average molecular weight is 816 g/mol. The summed E-state index contributed by atoms with van der Waals surface area (Å²) in [5.41, 5.74) is 2.05. The largest absolute Gasteiger partial charge is 0.461 e. The minimum Gasteiger partial charge on any atom is -0.461 e. The van der Waals surface area contributed by atoms with Crippen molar-refractivity contribution in [2.24, 2.45) is 10.8 Å². The number of nitriles is 1. The van der Waals surface area contributed by atoms with Gasteiger partial charge in [0.25, 0.3) is 5.92 Å². The van der Waals surface area contributed by atoms with Crippen molar-refractivity contribution in [1.82, 2.24) is 19.8 Å². The summed E-state index contributed by atoms with van der Waals surface area (Å²) in [6.45, 7) is 0.958. The number of nitrogens with zero attached hydrogens (tertiary/aromatic N) is 6. The molecule has 17 heteroatoms. The number of anilines is 2. The molecule has 2 aromatic carbocycles. The molecule has 9 nitrogen and oxygen atoms in total. The molecule has 4 aromatic rings. The van der Waals surface area contributed by atoms with Gasteiger partial charge in [-0.05, 0) is 56.3 Å². The molecule has 2 bridgehead atoms. The van der Waals surface area contributed by atoms with Gasteiger partial charge in [-0.3, -0.25) is 9.69 Å². The Morgan fingerprint density at radius 2 is 1.86 bits per heavy atom. The number of carbonyl (C=O) groups excluding carboxylic acids is 1. The smallest absolute Gasteiger partial charge is 0.319 e. The number of nitrogens with two attached hydrogens (primary N) is 1. The van der Waals surface area contributed by atoms with E-state index in [0.29, 0.717) is 13.0 Å². The number of benzene rings is 2. The maximum Gasteiger partial charge on any atom is 0.319 e. The molecule has 56 heavy (non-hydrogen) atoms. The quantitative estimate of drug-likeness (QED) is 0.197. The van der Waals surface area contributed by atoms with Crippen molar-refractivity contribution in [2.75, 3.05) is 56.5 Å². The second-order valence-electron chi connectivity index (χ2n) is 17.2. The SMILES string of the molecule is N#Cc1c(N)sc2c(F)ccc(-c3c(Cl)cc4c(N5CCC(F)(F)CC6(CN(C(=O)C78CC(F)(C7)C8)C6)C5)nc(OC[C@@]56CCCN5C[C@H](F)C6)nc4c3F)c12. The fourth-order valence-corrected chi connectivity index (χ4v) is 12.1. The molecule has 4 aliphatic heterocycles. The molecule has 2 N–H and O–H groups in total. The molecular weight excluding hydrogens is 780 g/mol. The summed E-state index contributed by atoms with van der Waals surface area (Å²) in [4.78, 5) is 27.9. The lowest BCUT2D eigenvalue weighted by atomic mass is 9.41. The Morgan fingerprint density at radius 3 is 2.59 bits per heavy atom. The molecular formula is C39H36ClF6N7O2S. The van der Waals surface area contributed by atoms with Crippen molar-refractivity contribution in [3.8, 4) is 23.2 Å². The zero-order valence-electron chi connectivity index (χ0n) is 30.0. The Hall–Kier alpha value is -4.07. The minimum absolute atomic E-state index is 0.0136. The van der Waals surface area contributed by atoms with Gasteiger partial charge in [0.15, 0.2) is 5.82 Å². The van der Waals surface area contributed by atoms with E-state index in [1.807, 2.05) is 11.0 Å². The van der Waals surface area contributed by atoms with Crippen molar-refractivity contribution in [3.05, 3.63) is 40.4 Å². The Balaban J connectivity index is 1.07. The maximum atomic E-state index is 17.3. The summed E-state index contributed by atoms with van der Waals surface area (Å²) in [5, 5.41) is 10.0. The van der Waals surface area contributed by atoms with Crippen LogP contribution in [0.15, 0.2) is 18.2 Å². The average Bonchev–Trinajstić information content (AvgIpc) is 3.72. The molecule has 6 heterocycles. The first kappa shape index (κ1) is 36.3. The van der Waals surface area contributed by atoms with Crippen LogP contribution in [0.5, 0.6) is 6.01 Å². The third kappa shape index (κ3) is 5.32. The Morgan fingerprint density at radius 1 is 1.09 bits per heavy atom. The van der Waals surface area contributed by atoms with Crippen molar-refractivity contribution >= 4 is 60.7 Å². The monoisotopic (exact) mass is 815 g/mol. The molecule has 294 valence electrons. The van der Waals surface area contributed by atoms with Crippen molar-refractivity contribution in [2.45, 2.75) is 74.7 Å². The molecule has 7 fully saturated rings. The van der Waals surface area contributed by atoms with Gasteiger partial charge >= 0.3 is 6.01 Å². The summed E-state index contributed by atoms with van der Waals surface area (Å²) in [5.74, 6) is -4.79. The zero-order chi connectivity index (χ0) is 39.2. The predicted octanol–water partition coefficient (Wildman–Crippen LogP) is 7.81. The number of amides is 1. The first-order chi connectivity index (χ1) is 26.6. The first-order valence-corrected chi connectivity index (χ1v) is 20.0. The van der Waals surface area contributed by atoms with Crippen LogP contribution in [0.2, 0.25) is 5.02 Å². The number of aromatic nitrogens is 2. The van der Waals surface area contributed by atoms with Gasteiger partial charge in [0.05, 0.1) is 26.2 Å². The number of fused-ring (bicyclic) bond motifs is 3. The maximum absolute atomic E-state index is 17.3. The van der Waals surface area contributed by atoms with Crippen molar-refractivity contribution < 1.29 is 35.9 Å². The number of rotatable bonds is 6. The number of thiophene rings is 1. The van der Waals surface area contributed by atoms with Gasteiger partial charge < -0.3 is 20.3 Å². The van der Waals surface area contributed by atoms with Crippen LogP contribution >= 0.6 is 22.9 Å². The van der Waals surface area contributed by atoms with E-state index in [1.54, 1.807) is 9.80 Å². The van der Waals surface area contributed by atoms with Crippen molar-refractivity contribution in [1.29, 1.82) is 5.26 Å². The summed E-state index contributed by atoms with van der Waals surface area (Å²) >= 11 is 7.73. The molecule has 3 saturated carbocycles. The molecule has 0 unspecified atom stereocenters.